The maximum absolute atomic E-state index is 10.9. The number of hydrogen-bond acceptors (Lipinski definition) is 5. The molecular formula is C12H10N4O3. The molecule has 3 N–H and O–H groups in total. The Labute approximate surface area is 108 Å². The molecule has 0 radical (unpaired) electrons. The van der Waals surface area contributed by atoms with Crippen LogP contribution in [0.1, 0.15) is 5.56 Å². The molecule has 0 fully saturated rings. The van der Waals surface area contributed by atoms with Crippen molar-refractivity contribution in [3.8, 4) is 11.5 Å². The number of rotatable bonds is 4. The van der Waals surface area contributed by atoms with Crippen molar-refractivity contribution in [2.75, 3.05) is 0 Å². The Hall–Kier alpha value is -2.96. The van der Waals surface area contributed by atoms with E-state index in [2.05, 4.69) is 4.98 Å². The van der Waals surface area contributed by atoms with Crippen molar-refractivity contribution in [3.05, 3.63) is 58.4 Å². The van der Waals surface area contributed by atoms with Crippen molar-refractivity contribution in [2.45, 2.75) is 0 Å². The third-order valence-corrected chi connectivity index (χ3v) is 2.36. The summed E-state index contributed by atoms with van der Waals surface area (Å²) in [5.41, 5.74) is 5.57. The Morgan fingerprint density at radius 1 is 1.32 bits per heavy atom. The predicted molar refractivity (Wildman–Crippen MR) is 68.4 cm³/mol. The molecule has 0 saturated carbocycles. The summed E-state index contributed by atoms with van der Waals surface area (Å²) in [4.78, 5) is 14.2. The van der Waals surface area contributed by atoms with E-state index in [1.807, 2.05) is 0 Å². The van der Waals surface area contributed by atoms with Crippen LogP contribution in [0.2, 0.25) is 0 Å². The van der Waals surface area contributed by atoms with E-state index < -0.39 is 4.92 Å². The zero-order valence-corrected chi connectivity index (χ0v) is 9.74. The Kier molecular flexibility index (Phi) is 3.37. The van der Waals surface area contributed by atoms with Gasteiger partial charge in [0, 0.05) is 12.3 Å². The smallest absolute Gasteiger partial charge is 0.311 e. The number of nitrogens with zero attached hydrogens (tertiary/aromatic N) is 2. The lowest BCUT2D eigenvalue weighted by Gasteiger charge is -2.09. The Morgan fingerprint density at radius 2 is 2.05 bits per heavy atom. The molecule has 0 aliphatic carbocycles. The second-order valence-corrected chi connectivity index (χ2v) is 3.61. The molecule has 0 atom stereocenters. The molecule has 1 aromatic carbocycles. The van der Waals surface area contributed by atoms with E-state index in [-0.39, 0.29) is 23.0 Å². The number of benzene rings is 1. The fourth-order valence-electron chi connectivity index (χ4n) is 1.50. The number of pyridine rings is 1. The number of nitro benzene ring substituents is 1. The summed E-state index contributed by atoms with van der Waals surface area (Å²) < 4.78 is 5.44. The van der Waals surface area contributed by atoms with E-state index >= 15 is 0 Å². The van der Waals surface area contributed by atoms with Gasteiger partial charge in [-0.1, -0.05) is 12.1 Å². The molecule has 0 unspecified atom stereocenters. The first-order valence-corrected chi connectivity index (χ1v) is 5.29. The summed E-state index contributed by atoms with van der Waals surface area (Å²) in [5.74, 6) is 0.0725. The van der Waals surface area contributed by atoms with Crippen LogP contribution in [0.4, 0.5) is 5.69 Å². The number of ether oxygens (including phenoxy) is 1. The van der Waals surface area contributed by atoms with Gasteiger partial charge in [0.15, 0.2) is 5.75 Å². The van der Waals surface area contributed by atoms with Crippen LogP contribution in [-0.4, -0.2) is 15.7 Å². The van der Waals surface area contributed by atoms with Gasteiger partial charge >= 0.3 is 5.69 Å². The van der Waals surface area contributed by atoms with Gasteiger partial charge in [0.25, 0.3) is 0 Å². The average molecular weight is 258 g/mol. The van der Waals surface area contributed by atoms with Crippen molar-refractivity contribution in [3.63, 3.8) is 0 Å². The van der Waals surface area contributed by atoms with Gasteiger partial charge in [-0.2, -0.15) is 0 Å². The average Bonchev–Trinajstić information content (AvgIpc) is 2.39. The second-order valence-electron chi connectivity index (χ2n) is 3.61. The summed E-state index contributed by atoms with van der Waals surface area (Å²) in [6.45, 7) is 0. The molecule has 2 rings (SSSR count). The van der Waals surface area contributed by atoms with Crippen molar-refractivity contribution in [1.82, 2.24) is 4.98 Å². The number of nitrogen functional groups attached to an aromatic ring is 1. The summed E-state index contributed by atoms with van der Waals surface area (Å²) in [6, 6.07) is 7.47. The third-order valence-electron chi connectivity index (χ3n) is 2.36. The molecule has 0 amide bonds. The van der Waals surface area contributed by atoms with Crippen molar-refractivity contribution in [1.29, 1.82) is 5.41 Å². The number of nitro groups is 1. The van der Waals surface area contributed by atoms with Gasteiger partial charge in [-0.05, 0) is 12.1 Å². The zero-order chi connectivity index (χ0) is 13.8. The largest absolute Gasteiger partial charge is 0.448 e. The van der Waals surface area contributed by atoms with Gasteiger partial charge in [0.1, 0.15) is 5.84 Å². The molecular weight excluding hydrogens is 248 g/mol. The van der Waals surface area contributed by atoms with E-state index in [4.69, 9.17) is 15.9 Å². The maximum atomic E-state index is 10.9. The predicted octanol–water partition coefficient (Wildman–Crippen LogP) is 2.07. The highest BCUT2D eigenvalue weighted by molar-refractivity contribution is 5.97. The van der Waals surface area contributed by atoms with Crippen LogP contribution in [0.5, 0.6) is 11.5 Å². The standard InChI is InChI=1S/C12H10N4O3/c13-12(14)8-5-6-15-7-11(8)19-10-4-2-1-3-9(10)16(17)18/h1-7H,(H3,13,14). The molecule has 0 aliphatic heterocycles. The third kappa shape index (κ3) is 2.65. The number of para-hydroxylation sites is 2. The van der Waals surface area contributed by atoms with Crippen LogP contribution in [0, 0.1) is 15.5 Å². The lowest BCUT2D eigenvalue weighted by Crippen LogP contribution is -2.12. The highest BCUT2D eigenvalue weighted by Crippen LogP contribution is 2.31. The minimum absolute atomic E-state index is 0.0722. The summed E-state index contributed by atoms with van der Waals surface area (Å²) in [7, 11) is 0. The topological polar surface area (TPSA) is 115 Å². The molecule has 2 aromatic rings. The van der Waals surface area contributed by atoms with Crippen molar-refractivity contribution >= 4 is 11.5 Å². The fourth-order valence-corrected chi connectivity index (χ4v) is 1.50. The maximum Gasteiger partial charge on any atom is 0.311 e. The molecule has 96 valence electrons. The molecule has 1 aromatic heterocycles. The van der Waals surface area contributed by atoms with Gasteiger partial charge in [-0.25, -0.2) is 0 Å². The van der Waals surface area contributed by atoms with Crippen LogP contribution in [-0.2, 0) is 0 Å². The highest BCUT2D eigenvalue weighted by Gasteiger charge is 2.16. The summed E-state index contributed by atoms with van der Waals surface area (Å²) in [5, 5.41) is 18.3. The Bertz CT molecular complexity index is 587. The van der Waals surface area contributed by atoms with Crippen molar-refractivity contribution in [2.24, 2.45) is 5.73 Å². The number of hydrogen-bond donors (Lipinski definition) is 2. The van der Waals surface area contributed by atoms with E-state index in [0.29, 0.717) is 5.56 Å². The molecule has 0 spiro atoms. The monoisotopic (exact) mass is 258 g/mol. The SMILES string of the molecule is N=C(N)c1ccncc1Oc1ccccc1[N+](=O)[O-]. The number of nitrogens with two attached hydrogens (primary N) is 1. The van der Waals surface area contributed by atoms with Gasteiger partial charge in [0.05, 0.1) is 16.7 Å². The van der Waals surface area contributed by atoms with Gasteiger partial charge in [0.2, 0.25) is 5.75 Å². The van der Waals surface area contributed by atoms with Crippen LogP contribution >= 0.6 is 0 Å². The van der Waals surface area contributed by atoms with E-state index in [0.717, 1.165) is 0 Å². The van der Waals surface area contributed by atoms with Crippen LogP contribution in [0.15, 0.2) is 42.7 Å². The Balaban J connectivity index is 2.42. The number of nitrogens with one attached hydrogen (secondary N) is 1. The van der Waals surface area contributed by atoms with Crippen LogP contribution in [0.25, 0.3) is 0 Å². The molecule has 19 heavy (non-hydrogen) atoms. The normalized spacial score (nSPS) is 9.89. The Morgan fingerprint density at radius 3 is 2.74 bits per heavy atom. The molecule has 0 aliphatic rings. The minimum atomic E-state index is -0.543. The molecule has 7 nitrogen and oxygen atoms in total. The van der Waals surface area contributed by atoms with Crippen molar-refractivity contribution < 1.29 is 9.66 Å². The van der Waals surface area contributed by atoms with Crippen LogP contribution < -0.4 is 10.5 Å². The lowest BCUT2D eigenvalue weighted by molar-refractivity contribution is -0.385. The van der Waals surface area contributed by atoms with Gasteiger partial charge in [-0.15, -0.1) is 0 Å². The van der Waals surface area contributed by atoms with Crippen LogP contribution in [0.3, 0.4) is 0 Å². The molecule has 0 bridgehead atoms. The summed E-state index contributed by atoms with van der Waals surface area (Å²) in [6.07, 6.45) is 2.82. The molecule has 0 saturated heterocycles. The number of amidine groups is 1. The number of aromatic nitrogens is 1. The highest BCUT2D eigenvalue weighted by atomic mass is 16.6. The molecule has 7 heteroatoms. The zero-order valence-electron chi connectivity index (χ0n) is 9.74. The van der Waals surface area contributed by atoms with E-state index in [9.17, 15) is 10.1 Å². The fraction of sp³-hybridized carbons (Fsp3) is 0. The summed E-state index contributed by atoms with van der Waals surface area (Å²) >= 11 is 0. The first kappa shape index (κ1) is 12.5. The lowest BCUT2D eigenvalue weighted by atomic mass is 10.2. The van der Waals surface area contributed by atoms with E-state index in [1.54, 1.807) is 12.1 Å². The van der Waals surface area contributed by atoms with Gasteiger partial charge < -0.3 is 10.5 Å². The molecule has 1 heterocycles. The first-order chi connectivity index (χ1) is 9.09. The minimum Gasteiger partial charge on any atom is -0.448 e. The van der Waals surface area contributed by atoms with Gasteiger partial charge in [-0.3, -0.25) is 20.5 Å². The first-order valence-electron chi connectivity index (χ1n) is 5.29. The quantitative estimate of drug-likeness (QED) is 0.377. The second kappa shape index (κ2) is 5.13. The van der Waals surface area contributed by atoms with E-state index in [1.165, 1.54) is 30.6 Å².